The summed E-state index contributed by atoms with van der Waals surface area (Å²) in [6, 6.07) is 0. The van der Waals surface area contributed by atoms with Crippen LogP contribution in [0, 0.1) is 0 Å². The Morgan fingerprint density at radius 2 is 1.37 bits per heavy atom. The van der Waals surface area contributed by atoms with E-state index in [1.54, 1.807) is 8.61 Å². The molecular weight excluding hydrogens is 368 g/mol. The molecule has 9 heteroatoms. The smallest absolute Gasteiger partial charge is 0.282 e. The van der Waals surface area contributed by atoms with Crippen LogP contribution in [0.5, 0.6) is 0 Å². The van der Waals surface area contributed by atoms with Gasteiger partial charge < -0.3 is 9.64 Å². The molecule has 0 atom stereocenters. The average molecular weight is 403 g/mol. The van der Waals surface area contributed by atoms with Gasteiger partial charge in [0.05, 0.1) is 18.8 Å². The highest BCUT2D eigenvalue weighted by Gasteiger charge is 2.40. The SMILES string of the molecule is CC(C)(C(=O)N1CCCN(S(=O)(=O)N2CCCCC2)CC1)N1CCOCC1. The Kier molecular flexibility index (Phi) is 6.79. The van der Waals surface area contributed by atoms with E-state index < -0.39 is 15.7 Å². The highest BCUT2D eigenvalue weighted by atomic mass is 32.2. The standard InChI is InChI=1S/C18H34N4O4S/c1-18(2,20-13-15-26-16-14-20)17(23)19-7-6-10-22(12-11-19)27(24,25)21-8-4-3-5-9-21/h3-16H2,1-2H3. The maximum atomic E-state index is 13.2. The Labute approximate surface area is 163 Å². The Hall–Kier alpha value is -0.740. The van der Waals surface area contributed by atoms with Crippen molar-refractivity contribution in [3.63, 3.8) is 0 Å². The van der Waals surface area contributed by atoms with Crippen LogP contribution >= 0.6 is 0 Å². The highest BCUT2D eigenvalue weighted by Crippen LogP contribution is 2.22. The first kappa shape index (κ1) is 21.0. The lowest BCUT2D eigenvalue weighted by Crippen LogP contribution is -2.59. The second kappa shape index (κ2) is 8.73. The molecule has 0 aromatic carbocycles. The molecule has 27 heavy (non-hydrogen) atoms. The molecule has 8 nitrogen and oxygen atoms in total. The second-order valence-electron chi connectivity index (χ2n) is 8.17. The van der Waals surface area contributed by atoms with Crippen molar-refractivity contribution in [1.82, 2.24) is 18.4 Å². The van der Waals surface area contributed by atoms with Gasteiger partial charge in [-0.25, -0.2) is 0 Å². The van der Waals surface area contributed by atoms with Crippen molar-refractivity contribution in [3.05, 3.63) is 0 Å². The van der Waals surface area contributed by atoms with E-state index in [9.17, 15) is 13.2 Å². The normalized spacial score (nSPS) is 25.3. The van der Waals surface area contributed by atoms with Crippen LogP contribution in [-0.4, -0.2) is 104 Å². The zero-order valence-electron chi connectivity index (χ0n) is 16.7. The first-order valence-corrected chi connectivity index (χ1v) is 11.6. The van der Waals surface area contributed by atoms with Crippen molar-refractivity contribution >= 4 is 16.1 Å². The van der Waals surface area contributed by atoms with Crippen molar-refractivity contribution in [2.45, 2.75) is 45.1 Å². The Bertz CT molecular complexity index is 613. The summed E-state index contributed by atoms with van der Waals surface area (Å²) >= 11 is 0. The molecule has 3 heterocycles. The zero-order chi connectivity index (χ0) is 19.5. The molecule has 156 valence electrons. The van der Waals surface area contributed by atoms with Crippen LogP contribution in [0.4, 0.5) is 0 Å². The molecule has 0 saturated carbocycles. The van der Waals surface area contributed by atoms with Crippen LogP contribution in [0.15, 0.2) is 0 Å². The van der Waals surface area contributed by atoms with Crippen molar-refractivity contribution in [2.24, 2.45) is 0 Å². The molecule has 0 radical (unpaired) electrons. The molecule has 3 fully saturated rings. The van der Waals surface area contributed by atoms with Gasteiger partial charge in [0.25, 0.3) is 10.2 Å². The van der Waals surface area contributed by atoms with Gasteiger partial charge in [-0.05, 0) is 33.1 Å². The van der Waals surface area contributed by atoms with Gasteiger partial charge in [0.2, 0.25) is 5.91 Å². The zero-order valence-corrected chi connectivity index (χ0v) is 17.5. The fourth-order valence-corrected chi connectivity index (χ4v) is 5.95. The van der Waals surface area contributed by atoms with Crippen LogP contribution in [0.1, 0.15) is 39.5 Å². The van der Waals surface area contributed by atoms with Gasteiger partial charge >= 0.3 is 0 Å². The first-order chi connectivity index (χ1) is 12.8. The number of hydrogen-bond acceptors (Lipinski definition) is 5. The predicted molar refractivity (Wildman–Crippen MR) is 104 cm³/mol. The number of nitrogens with zero attached hydrogens (tertiary/aromatic N) is 4. The van der Waals surface area contributed by atoms with Gasteiger partial charge in [0, 0.05) is 52.4 Å². The molecule has 0 bridgehead atoms. The van der Waals surface area contributed by atoms with Gasteiger partial charge in [0.1, 0.15) is 0 Å². The number of hydrogen-bond donors (Lipinski definition) is 0. The molecule has 0 aromatic heterocycles. The van der Waals surface area contributed by atoms with Crippen molar-refractivity contribution in [3.8, 4) is 0 Å². The third-order valence-corrected chi connectivity index (χ3v) is 8.07. The minimum absolute atomic E-state index is 0.0848. The molecule has 0 unspecified atom stereocenters. The minimum Gasteiger partial charge on any atom is -0.379 e. The maximum absolute atomic E-state index is 13.2. The Balaban J connectivity index is 1.62. The third kappa shape index (κ3) is 4.64. The highest BCUT2D eigenvalue weighted by molar-refractivity contribution is 7.86. The minimum atomic E-state index is -3.41. The van der Waals surface area contributed by atoms with Gasteiger partial charge in [0.15, 0.2) is 0 Å². The molecule has 0 N–H and O–H groups in total. The lowest BCUT2D eigenvalue weighted by atomic mass is 9.99. The van der Waals surface area contributed by atoms with Gasteiger partial charge in [-0.2, -0.15) is 17.0 Å². The Morgan fingerprint density at radius 3 is 2.04 bits per heavy atom. The number of amides is 1. The number of carbonyl (C=O) groups is 1. The number of piperidine rings is 1. The molecule has 0 spiro atoms. The topological polar surface area (TPSA) is 73.4 Å². The summed E-state index contributed by atoms with van der Waals surface area (Å²) in [5, 5.41) is 0. The van der Waals surface area contributed by atoms with E-state index in [1.807, 2.05) is 18.7 Å². The average Bonchev–Trinajstić information content (AvgIpc) is 2.95. The fourth-order valence-electron chi connectivity index (χ4n) is 4.23. The summed E-state index contributed by atoms with van der Waals surface area (Å²) in [6.45, 7) is 9.91. The van der Waals surface area contributed by atoms with E-state index in [0.29, 0.717) is 58.9 Å². The van der Waals surface area contributed by atoms with Crippen LogP contribution in [-0.2, 0) is 19.7 Å². The molecule has 3 rings (SSSR count). The van der Waals surface area contributed by atoms with Crippen molar-refractivity contribution in [2.75, 3.05) is 65.6 Å². The summed E-state index contributed by atoms with van der Waals surface area (Å²) in [6.07, 6.45) is 3.65. The quantitative estimate of drug-likeness (QED) is 0.679. The number of rotatable bonds is 4. The van der Waals surface area contributed by atoms with Crippen LogP contribution in [0.25, 0.3) is 0 Å². The molecule has 3 saturated heterocycles. The third-order valence-electron chi connectivity index (χ3n) is 6.03. The number of carbonyl (C=O) groups excluding carboxylic acids is 1. The van der Waals surface area contributed by atoms with Gasteiger partial charge in [-0.3, -0.25) is 9.69 Å². The molecule has 3 aliphatic heterocycles. The van der Waals surface area contributed by atoms with Crippen LogP contribution in [0.2, 0.25) is 0 Å². The largest absolute Gasteiger partial charge is 0.379 e. The molecular formula is C18H34N4O4S. The van der Waals surface area contributed by atoms with E-state index in [2.05, 4.69) is 4.90 Å². The summed E-state index contributed by atoms with van der Waals surface area (Å²) in [7, 11) is -3.41. The monoisotopic (exact) mass is 402 g/mol. The lowest BCUT2D eigenvalue weighted by molar-refractivity contribution is -0.145. The number of morpholine rings is 1. The summed E-state index contributed by atoms with van der Waals surface area (Å²) in [4.78, 5) is 17.2. The van der Waals surface area contributed by atoms with E-state index in [-0.39, 0.29) is 5.91 Å². The molecule has 3 aliphatic rings. The van der Waals surface area contributed by atoms with Gasteiger partial charge in [-0.1, -0.05) is 6.42 Å². The van der Waals surface area contributed by atoms with Crippen molar-refractivity contribution in [1.29, 1.82) is 0 Å². The predicted octanol–water partition coefficient (Wildman–Crippen LogP) is 0.362. The van der Waals surface area contributed by atoms with Crippen LogP contribution < -0.4 is 0 Å². The summed E-state index contributed by atoms with van der Waals surface area (Å²) < 4.78 is 34.5. The molecule has 1 amide bonds. The molecule has 0 aromatic rings. The number of ether oxygens (including phenoxy) is 1. The van der Waals surface area contributed by atoms with Crippen LogP contribution in [0.3, 0.4) is 0 Å². The van der Waals surface area contributed by atoms with E-state index >= 15 is 0 Å². The molecule has 0 aliphatic carbocycles. The van der Waals surface area contributed by atoms with Crippen molar-refractivity contribution < 1.29 is 17.9 Å². The lowest BCUT2D eigenvalue weighted by Gasteiger charge is -2.42. The van der Waals surface area contributed by atoms with E-state index in [1.165, 1.54) is 0 Å². The van der Waals surface area contributed by atoms with E-state index in [4.69, 9.17) is 4.74 Å². The maximum Gasteiger partial charge on any atom is 0.282 e. The first-order valence-electron chi connectivity index (χ1n) is 10.2. The fraction of sp³-hybridized carbons (Fsp3) is 0.944. The Morgan fingerprint density at radius 1 is 0.778 bits per heavy atom. The second-order valence-corrected chi connectivity index (χ2v) is 10.1. The summed E-state index contributed by atoms with van der Waals surface area (Å²) in [5.74, 6) is 0.0848. The van der Waals surface area contributed by atoms with Gasteiger partial charge in [-0.15, -0.1) is 0 Å². The van der Waals surface area contributed by atoms with E-state index in [0.717, 1.165) is 32.4 Å². The summed E-state index contributed by atoms with van der Waals surface area (Å²) in [5.41, 5.74) is -0.593.